The molecule has 0 aliphatic carbocycles. The molecule has 0 fully saturated rings. The second kappa shape index (κ2) is 10.1. The molecule has 0 radical (unpaired) electrons. The first-order chi connectivity index (χ1) is 18.2. The maximum absolute atomic E-state index is 12.5. The van der Waals surface area contributed by atoms with Crippen molar-refractivity contribution in [3.63, 3.8) is 0 Å². The summed E-state index contributed by atoms with van der Waals surface area (Å²) >= 11 is 5.37. The summed E-state index contributed by atoms with van der Waals surface area (Å²) in [6, 6.07) is 21.4. The Morgan fingerprint density at radius 3 is 2.42 bits per heavy atom. The first-order valence-electron chi connectivity index (χ1n) is 11.6. The number of fused-ring (bicyclic) bond motifs is 3. The summed E-state index contributed by atoms with van der Waals surface area (Å²) in [5.41, 5.74) is 8.33. The zero-order chi connectivity index (χ0) is 26.9. The Balaban J connectivity index is 1.32. The molecule has 0 spiro atoms. The van der Waals surface area contributed by atoms with Gasteiger partial charge in [-0.25, -0.2) is 4.68 Å². The molecule has 1 heterocycles. The number of benzene rings is 4. The van der Waals surface area contributed by atoms with Gasteiger partial charge in [-0.3, -0.25) is 5.43 Å². The Kier molecular flexibility index (Phi) is 6.73. The number of nitrogens with one attached hydrogen (secondary N) is 2. The second-order valence-electron chi connectivity index (χ2n) is 8.67. The van der Waals surface area contributed by atoms with Crippen molar-refractivity contribution >= 4 is 50.9 Å². The number of aryl methyl sites for hydroxylation is 2. The van der Waals surface area contributed by atoms with Crippen molar-refractivity contribution in [2.45, 2.75) is 20.2 Å². The highest BCUT2D eigenvalue weighted by molar-refractivity contribution is 7.80. The molecule has 38 heavy (non-hydrogen) atoms. The van der Waals surface area contributed by atoms with Gasteiger partial charge in [-0.05, 0) is 89.9 Å². The van der Waals surface area contributed by atoms with Gasteiger partial charge in [0.25, 0.3) is 0 Å². The molecule has 10 heteroatoms. The van der Waals surface area contributed by atoms with E-state index in [4.69, 9.17) is 12.2 Å². The van der Waals surface area contributed by atoms with E-state index in [0.29, 0.717) is 10.8 Å². The number of rotatable bonds is 5. The molecule has 6 nitrogen and oxygen atoms in total. The molecule has 0 amide bonds. The Morgan fingerprint density at radius 2 is 1.71 bits per heavy atom. The number of para-hydroxylation sites is 1. The lowest BCUT2D eigenvalue weighted by atomic mass is 10.0. The fourth-order valence-electron chi connectivity index (χ4n) is 4.25. The Hall–Kier alpha value is -4.44. The van der Waals surface area contributed by atoms with Crippen molar-refractivity contribution in [1.82, 2.24) is 15.2 Å². The molecular formula is C28H22F3N5OS. The predicted octanol–water partition coefficient (Wildman–Crippen LogP) is 7.01. The molecule has 0 aliphatic heterocycles. The van der Waals surface area contributed by atoms with Gasteiger partial charge in [-0.15, -0.1) is 13.2 Å². The number of hydrogen-bond donors (Lipinski definition) is 2. The molecule has 0 saturated carbocycles. The van der Waals surface area contributed by atoms with Crippen LogP contribution >= 0.6 is 12.2 Å². The molecule has 4 aromatic carbocycles. The quantitative estimate of drug-likeness (QED) is 0.145. The zero-order valence-corrected chi connectivity index (χ0v) is 21.2. The van der Waals surface area contributed by atoms with Gasteiger partial charge >= 0.3 is 6.36 Å². The number of anilines is 1. The number of alkyl halides is 3. The van der Waals surface area contributed by atoms with Crippen LogP contribution in [-0.2, 0) is 0 Å². The van der Waals surface area contributed by atoms with E-state index in [9.17, 15) is 13.2 Å². The minimum atomic E-state index is -4.73. The molecule has 192 valence electrons. The van der Waals surface area contributed by atoms with E-state index in [-0.39, 0.29) is 5.75 Å². The van der Waals surface area contributed by atoms with E-state index in [1.807, 2.05) is 62.4 Å². The first-order valence-corrected chi connectivity index (χ1v) is 12.0. The molecule has 5 rings (SSSR count). The lowest BCUT2D eigenvalue weighted by molar-refractivity contribution is -0.274. The van der Waals surface area contributed by atoms with Gasteiger partial charge in [-0.1, -0.05) is 36.4 Å². The third-order valence-electron chi connectivity index (χ3n) is 6.01. The van der Waals surface area contributed by atoms with Crippen LogP contribution in [-0.4, -0.2) is 27.5 Å². The molecular weight excluding hydrogens is 511 g/mol. The summed E-state index contributed by atoms with van der Waals surface area (Å²) in [6.07, 6.45) is -1.30. The maximum Gasteiger partial charge on any atom is 0.573 e. The lowest BCUT2D eigenvalue weighted by Gasteiger charge is -2.12. The maximum atomic E-state index is 12.5. The normalized spacial score (nSPS) is 11.8. The summed E-state index contributed by atoms with van der Waals surface area (Å²) in [5.74, 6) is -0.284. The van der Waals surface area contributed by atoms with E-state index in [1.54, 1.807) is 17.1 Å². The number of nitrogens with zero attached hydrogens (tertiary/aromatic N) is 3. The highest BCUT2D eigenvalue weighted by Gasteiger charge is 2.31. The second-order valence-corrected chi connectivity index (χ2v) is 9.08. The van der Waals surface area contributed by atoms with Crippen molar-refractivity contribution < 1.29 is 17.9 Å². The molecule has 0 aliphatic rings. The highest BCUT2D eigenvalue weighted by Crippen LogP contribution is 2.29. The Labute approximate surface area is 221 Å². The van der Waals surface area contributed by atoms with Crippen LogP contribution in [0.4, 0.5) is 18.9 Å². The minimum absolute atomic E-state index is 0.284. The van der Waals surface area contributed by atoms with Gasteiger partial charge in [0.1, 0.15) is 5.75 Å². The van der Waals surface area contributed by atoms with E-state index >= 15 is 0 Å². The van der Waals surface area contributed by atoms with E-state index in [2.05, 4.69) is 25.7 Å². The summed E-state index contributed by atoms with van der Waals surface area (Å²) in [6.45, 7) is 4.03. The smallest absolute Gasteiger partial charge is 0.406 e. The van der Waals surface area contributed by atoms with Gasteiger partial charge in [-0.2, -0.15) is 10.2 Å². The van der Waals surface area contributed by atoms with Gasteiger partial charge in [0, 0.05) is 11.1 Å². The van der Waals surface area contributed by atoms with Crippen LogP contribution in [0.5, 0.6) is 5.75 Å². The molecule has 1 aromatic heterocycles. The topological polar surface area (TPSA) is 63.5 Å². The van der Waals surface area contributed by atoms with Gasteiger partial charge in [0.2, 0.25) is 0 Å². The van der Waals surface area contributed by atoms with E-state index in [1.165, 1.54) is 24.3 Å². The molecule has 0 saturated heterocycles. The monoisotopic (exact) mass is 533 g/mol. The molecule has 0 bridgehead atoms. The number of halogens is 3. The van der Waals surface area contributed by atoms with Crippen molar-refractivity contribution in [2.75, 3.05) is 5.32 Å². The van der Waals surface area contributed by atoms with Crippen LogP contribution in [0.1, 0.15) is 16.7 Å². The number of hydrogen-bond acceptors (Lipinski definition) is 4. The standard InChI is InChI=1S/C28H22F3N5OS/c1-17-4-3-5-18(2)26(17)34-27(38)35-32-15-19-6-12-23-20(14-19)7-13-25-24(23)16-33-36(25)21-8-10-22(11-9-21)37-28(29,30)31/h3-16H,1-2H3,(H2,34,35,38). The van der Waals surface area contributed by atoms with Gasteiger partial charge < -0.3 is 10.1 Å². The lowest BCUT2D eigenvalue weighted by Crippen LogP contribution is -2.24. The summed E-state index contributed by atoms with van der Waals surface area (Å²) in [4.78, 5) is 0. The SMILES string of the molecule is Cc1cccc(C)c1NC(=S)NN=Cc1ccc2c(ccc3c2cnn3-c2ccc(OC(F)(F)F)cc2)c1. The molecule has 0 unspecified atom stereocenters. The number of ether oxygens (including phenoxy) is 1. The third-order valence-corrected chi connectivity index (χ3v) is 6.20. The summed E-state index contributed by atoms with van der Waals surface area (Å²) in [7, 11) is 0. The summed E-state index contributed by atoms with van der Waals surface area (Å²) < 4.78 is 43.0. The predicted molar refractivity (Wildman–Crippen MR) is 148 cm³/mol. The van der Waals surface area contributed by atoms with E-state index < -0.39 is 6.36 Å². The minimum Gasteiger partial charge on any atom is -0.406 e. The zero-order valence-electron chi connectivity index (χ0n) is 20.4. The van der Waals surface area contributed by atoms with Crippen LogP contribution < -0.4 is 15.5 Å². The largest absolute Gasteiger partial charge is 0.573 e. The molecule has 0 atom stereocenters. The van der Waals surface area contributed by atoms with Crippen LogP contribution in [0.2, 0.25) is 0 Å². The molecule has 2 N–H and O–H groups in total. The van der Waals surface area contributed by atoms with Crippen molar-refractivity contribution in [2.24, 2.45) is 5.10 Å². The highest BCUT2D eigenvalue weighted by atomic mass is 32.1. The van der Waals surface area contributed by atoms with Crippen LogP contribution in [0.25, 0.3) is 27.4 Å². The number of hydrazone groups is 1. The van der Waals surface area contributed by atoms with Crippen molar-refractivity contribution in [1.29, 1.82) is 0 Å². The van der Waals surface area contributed by atoms with E-state index in [0.717, 1.165) is 44.1 Å². The number of aromatic nitrogens is 2. The summed E-state index contributed by atoms with van der Waals surface area (Å²) in [5, 5.41) is 15.2. The molecule has 5 aromatic rings. The fourth-order valence-corrected chi connectivity index (χ4v) is 4.41. The average Bonchev–Trinajstić information content (AvgIpc) is 3.30. The van der Waals surface area contributed by atoms with Crippen molar-refractivity contribution in [3.05, 3.63) is 95.7 Å². The Bertz CT molecular complexity index is 1660. The third kappa shape index (κ3) is 5.45. The van der Waals surface area contributed by atoms with Crippen molar-refractivity contribution in [3.8, 4) is 11.4 Å². The fraction of sp³-hybridized carbons (Fsp3) is 0.107. The first kappa shape index (κ1) is 25.2. The Morgan fingerprint density at radius 1 is 0.974 bits per heavy atom. The van der Waals surface area contributed by atoms with Crippen LogP contribution in [0.15, 0.2) is 84.1 Å². The number of thiocarbonyl (C=S) groups is 1. The van der Waals surface area contributed by atoms with Crippen LogP contribution in [0, 0.1) is 13.8 Å². The average molecular weight is 534 g/mol. The van der Waals surface area contributed by atoms with Gasteiger partial charge in [0.15, 0.2) is 5.11 Å². The van der Waals surface area contributed by atoms with Crippen LogP contribution in [0.3, 0.4) is 0 Å². The van der Waals surface area contributed by atoms with Gasteiger partial charge in [0.05, 0.1) is 23.6 Å².